The lowest BCUT2D eigenvalue weighted by molar-refractivity contribution is 0.205. The van der Waals surface area contributed by atoms with E-state index in [-0.39, 0.29) is 6.03 Å². The van der Waals surface area contributed by atoms with E-state index in [1.54, 1.807) is 26.4 Å². The zero-order valence-electron chi connectivity index (χ0n) is 14.2. The minimum absolute atomic E-state index is 0.101. The van der Waals surface area contributed by atoms with Gasteiger partial charge in [0.1, 0.15) is 11.5 Å². The number of amides is 2. The molecule has 2 amide bonds. The number of anilines is 1. The van der Waals surface area contributed by atoms with Gasteiger partial charge in [0, 0.05) is 24.7 Å². The van der Waals surface area contributed by atoms with Crippen molar-refractivity contribution in [3.63, 3.8) is 0 Å². The molecule has 0 atom stereocenters. The minimum Gasteiger partial charge on any atom is -0.495 e. The van der Waals surface area contributed by atoms with Gasteiger partial charge >= 0.3 is 6.03 Å². The molecule has 1 fully saturated rings. The zero-order valence-corrected chi connectivity index (χ0v) is 14.9. The third-order valence-electron chi connectivity index (χ3n) is 3.91. The van der Waals surface area contributed by atoms with E-state index >= 15 is 0 Å². The Bertz CT molecular complexity index is 559. The van der Waals surface area contributed by atoms with Crippen molar-refractivity contribution in [1.82, 2.24) is 4.90 Å². The third-order valence-corrected chi connectivity index (χ3v) is 4.21. The molecule has 5 nitrogen and oxygen atoms in total. The van der Waals surface area contributed by atoms with Crippen LogP contribution in [0.1, 0.15) is 33.1 Å². The second kappa shape index (κ2) is 7.77. The highest BCUT2D eigenvalue weighted by atomic mass is 35.5. The molecule has 0 heterocycles. The van der Waals surface area contributed by atoms with Gasteiger partial charge in [0.15, 0.2) is 0 Å². The van der Waals surface area contributed by atoms with Gasteiger partial charge in [0.25, 0.3) is 0 Å². The van der Waals surface area contributed by atoms with Crippen LogP contribution in [0.3, 0.4) is 0 Å². The molecule has 1 aliphatic carbocycles. The van der Waals surface area contributed by atoms with Crippen LogP contribution in [0, 0.1) is 5.92 Å². The van der Waals surface area contributed by atoms with Crippen LogP contribution in [0.2, 0.25) is 5.02 Å². The summed E-state index contributed by atoms with van der Waals surface area (Å²) in [4.78, 5) is 14.6. The number of nitrogens with zero attached hydrogens (tertiary/aromatic N) is 1. The second-order valence-electron chi connectivity index (χ2n) is 6.22. The smallest absolute Gasteiger partial charge is 0.322 e. The topological polar surface area (TPSA) is 50.8 Å². The van der Waals surface area contributed by atoms with E-state index in [0.717, 1.165) is 25.8 Å². The van der Waals surface area contributed by atoms with Crippen LogP contribution in [0.4, 0.5) is 10.5 Å². The number of carbonyl (C=O) groups is 1. The highest BCUT2D eigenvalue weighted by Gasteiger charge is 2.32. The molecule has 0 bridgehead atoms. The number of hydrogen-bond donors (Lipinski definition) is 1. The molecule has 0 radical (unpaired) electrons. The lowest BCUT2D eigenvalue weighted by Gasteiger charge is -2.24. The number of halogens is 1. The summed E-state index contributed by atoms with van der Waals surface area (Å²) < 4.78 is 10.5. The number of carbonyl (C=O) groups excluding carboxylic acids is 1. The van der Waals surface area contributed by atoms with Crippen molar-refractivity contribution < 1.29 is 14.3 Å². The molecule has 0 spiro atoms. The summed E-state index contributed by atoms with van der Waals surface area (Å²) in [6, 6.07) is 3.59. The molecule has 2 rings (SSSR count). The quantitative estimate of drug-likeness (QED) is 0.800. The minimum atomic E-state index is -0.101. The number of benzene rings is 1. The Balaban J connectivity index is 2.14. The number of methoxy groups -OCH3 is 2. The number of hydrogen-bond acceptors (Lipinski definition) is 3. The second-order valence-corrected chi connectivity index (χ2v) is 6.63. The Morgan fingerprint density at radius 3 is 2.48 bits per heavy atom. The third kappa shape index (κ3) is 4.67. The Morgan fingerprint density at radius 2 is 1.96 bits per heavy atom. The Morgan fingerprint density at radius 1 is 1.30 bits per heavy atom. The fourth-order valence-electron chi connectivity index (χ4n) is 2.38. The summed E-state index contributed by atoms with van der Waals surface area (Å²) in [6.07, 6.45) is 3.14. The largest absolute Gasteiger partial charge is 0.495 e. The Kier molecular flexibility index (Phi) is 5.99. The molecule has 1 saturated carbocycles. The zero-order chi connectivity index (χ0) is 17.0. The van der Waals surface area contributed by atoms with E-state index in [1.807, 2.05) is 4.90 Å². The number of urea groups is 1. The molecule has 128 valence electrons. The van der Waals surface area contributed by atoms with Gasteiger partial charge in [0.2, 0.25) is 0 Å². The van der Waals surface area contributed by atoms with Gasteiger partial charge in [-0.1, -0.05) is 25.4 Å². The van der Waals surface area contributed by atoms with Crippen LogP contribution in [-0.4, -0.2) is 37.7 Å². The molecule has 6 heteroatoms. The van der Waals surface area contributed by atoms with Gasteiger partial charge in [-0.25, -0.2) is 4.79 Å². The normalized spacial score (nSPS) is 13.8. The van der Waals surface area contributed by atoms with E-state index in [2.05, 4.69) is 19.2 Å². The summed E-state index contributed by atoms with van der Waals surface area (Å²) >= 11 is 6.10. The van der Waals surface area contributed by atoms with E-state index < -0.39 is 0 Å². The van der Waals surface area contributed by atoms with E-state index in [9.17, 15) is 4.79 Å². The lowest BCUT2D eigenvalue weighted by Crippen LogP contribution is -2.38. The highest BCUT2D eigenvalue weighted by Crippen LogP contribution is 2.36. The summed E-state index contributed by atoms with van der Waals surface area (Å²) in [7, 11) is 3.09. The van der Waals surface area contributed by atoms with Crippen LogP contribution in [-0.2, 0) is 0 Å². The molecule has 0 unspecified atom stereocenters. The molecular weight excluding hydrogens is 316 g/mol. The van der Waals surface area contributed by atoms with Crippen molar-refractivity contribution in [2.24, 2.45) is 5.92 Å². The van der Waals surface area contributed by atoms with Crippen LogP contribution in [0.25, 0.3) is 0 Å². The SMILES string of the molecule is COc1cc(NC(=O)N(CCC(C)C)C2CC2)c(OC)cc1Cl. The maximum absolute atomic E-state index is 12.6. The number of rotatable bonds is 7. The first-order chi connectivity index (χ1) is 11.0. The van der Waals surface area contributed by atoms with Gasteiger partial charge in [-0.2, -0.15) is 0 Å². The summed E-state index contributed by atoms with van der Waals surface area (Å²) in [5.74, 6) is 1.58. The standard InChI is InChI=1S/C17H25ClN2O3/c1-11(2)7-8-20(12-5-6-12)17(21)19-14-10-15(22-3)13(18)9-16(14)23-4/h9-12H,5-8H2,1-4H3,(H,19,21). The van der Waals surface area contributed by atoms with Crippen molar-refractivity contribution >= 4 is 23.3 Å². The predicted octanol–water partition coefficient (Wildman–Crippen LogP) is 4.40. The van der Waals surface area contributed by atoms with Crippen LogP contribution < -0.4 is 14.8 Å². The first-order valence-corrected chi connectivity index (χ1v) is 8.33. The predicted molar refractivity (Wildman–Crippen MR) is 92.8 cm³/mol. The number of ether oxygens (including phenoxy) is 2. The Labute approximate surface area is 142 Å². The lowest BCUT2D eigenvalue weighted by atomic mass is 10.1. The van der Waals surface area contributed by atoms with Crippen LogP contribution in [0.5, 0.6) is 11.5 Å². The molecule has 1 aromatic rings. The van der Waals surface area contributed by atoms with Gasteiger partial charge in [-0.15, -0.1) is 0 Å². The summed E-state index contributed by atoms with van der Waals surface area (Å²) in [6.45, 7) is 5.09. The molecule has 0 saturated heterocycles. The molecule has 23 heavy (non-hydrogen) atoms. The first kappa shape index (κ1) is 17.7. The Hall–Kier alpha value is -1.62. The van der Waals surface area contributed by atoms with Gasteiger partial charge in [0.05, 0.1) is 24.9 Å². The molecule has 0 aliphatic heterocycles. The van der Waals surface area contributed by atoms with Crippen LogP contribution in [0.15, 0.2) is 12.1 Å². The van der Waals surface area contributed by atoms with Crippen molar-refractivity contribution in [3.05, 3.63) is 17.2 Å². The fourth-order valence-corrected chi connectivity index (χ4v) is 2.61. The molecular formula is C17H25ClN2O3. The van der Waals surface area contributed by atoms with Gasteiger partial charge < -0.3 is 19.7 Å². The van der Waals surface area contributed by atoms with Crippen molar-refractivity contribution in [2.75, 3.05) is 26.1 Å². The molecule has 1 N–H and O–H groups in total. The summed E-state index contributed by atoms with van der Waals surface area (Å²) in [5, 5.41) is 3.38. The van der Waals surface area contributed by atoms with E-state index in [0.29, 0.717) is 34.2 Å². The molecule has 0 aromatic heterocycles. The van der Waals surface area contributed by atoms with Crippen LogP contribution >= 0.6 is 11.6 Å². The van der Waals surface area contributed by atoms with E-state index in [1.165, 1.54) is 0 Å². The van der Waals surface area contributed by atoms with Gasteiger partial charge in [-0.3, -0.25) is 0 Å². The highest BCUT2D eigenvalue weighted by molar-refractivity contribution is 6.32. The fraction of sp³-hybridized carbons (Fsp3) is 0.588. The van der Waals surface area contributed by atoms with E-state index in [4.69, 9.17) is 21.1 Å². The molecule has 1 aliphatic rings. The molecule has 1 aromatic carbocycles. The first-order valence-electron chi connectivity index (χ1n) is 7.95. The average molecular weight is 341 g/mol. The maximum atomic E-state index is 12.6. The van der Waals surface area contributed by atoms with Gasteiger partial charge in [-0.05, 0) is 25.2 Å². The maximum Gasteiger partial charge on any atom is 0.322 e. The summed E-state index contributed by atoms with van der Waals surface area (Å²) in [5.41, 5.74) is 0.564. The van der Waals surface area contributed by atoms with Crippen molar-refractivity contribution in [2.45, 2.75) is 39.2 Å². The van der Waals surface area contributed by atoms with Crippen molar-refractivity contribution in [3.8, 4) is 11.5 Å². The average Bonchev–Trinajstić information content (AvgIpc) is 3.33. The number of nitrogens with one attached hydrogen (secondary N) is 1. The van der Waals surface area contributed by atoms with Crippen molar-refractivity contribution in [1.29, 1.82) is 0 Å². The monoisotopic (exact) mass is 340 g/mol.